The van der Waals surface area contributed by atoms with Gasteiger partial charge in [0.25, 0.3) is 0 Å². The molecule has 282 valence electrons. The maximum atomic E-state index is 12.3. The Kier molecular flexibility index (Phi) is 10.9. The standard InChI is InChI=1S/C15H20ClNO5.C15H22ClNO5.C4H10BO/c1-14-8(5-6-16)12(19)17-15(14,13(20)22-14)11(18)7-3-2-4-9-10(7)21-9;1-14-10(5-6-16)12(20)17-15(14,13(21)22-14)11(19)8-3-2-4-9(18)7-8;5-4-2-1-3-6-4/h7-11,18H,2-6H2,1H3,(H,17,19);8-11,18-19H,2-7H2,1H3,(H,17,20);4H,1-3H2,5H3/q;;-1/t7-,8-,9?,10?,11-,14-,15-;8-,9?,10-,11-,14-,15-;/m00./s1. The van der Waals surface area contributed by atoms with Gasteiger partial charge in [0.15, 0.2) is 11.2 Å². The van der Waals surface area contributed by atoms with E-state index in [1.807, 2.05) is 0 Å². The molecule has 0 bridgehead atoms. The number of rotatable bonds is 8. The summed E-state index contributed by atoms with van der Waals surface area (Å²) in [6.45, 7) is 4.46. The number of amides is 2. The van der Waals surface area contributed by atoms with Crippen LogP contribution in [0, 0.1) is 23.7 Å². The van der Waals surface area contributed by atoms with E-state index in [0.29, 0.717) is 39.4 Å². The summed E-state index contributed by atoms with van der Waals surface area (Å²) in [5.74, 6) is -2.56. The molecule has 2 aliphatic carbocycles. The van der Waals surface area contributed by atoms with Crippen molar-refractivity contribution >= 4 is 54.8 Å². The molecular formula is C34H52BCl2N2O11-. The molecule has 4 unspecified atom stereocenters. The molecule has 8 aliphatic rings. The number of aliphatic hydroxyl groups excluding tert-OH is 3. The quantitative estimate of drug-likeness (QED) is 0.0984. The van der Waals surface area contributed by atoms with Crippen LogP contribution in [0.15, 0.2) is 0 Å². The number of hydrogen-bond acceptors (Lipinski definition) is 11. The summed E-state index contributed by atoms with van der Waals surface area (Å²) in [7, 11) is 0.521. The molecule has 0 aromatic heterocycles. The Hall–Kier alpha value is -1.68. The van der Waals surface area contributed by atoms with Crippen molar-refractivity contribution in [1.29, 1.82) is 0 Å². The van der Waals surface area contributed by atoms with Gasteiger partial charge >= 0.3 is 11.9 Å². The molecule has 0 aromatic rings. The van der Waals surface area contributed by atoms with Gasteiger partial charge in [-0.05, 0) is 79.0 Å². The topological polar surface area (TPSA) is 193 Å². The predicted molar refractivity (Wildman–Crippen MR) is 183 cm³/mol. The Morgan fingerprint density at radius 3 is 1.84 bits per heavy atom. The fourth-order valence-electron chi connectivity index (χ4n) is 9.53. The maximum absolute atomic E-state index is 12.3. The number of nitrogens with one attached hydrogen (secondary N) is 2. The molecule has 2 saturated carbocycles. The summed E-state index contributed by atoms with van der Waals surface area (Å²) in [6.07, 6.45) is 6.61. The zero-order valence-electron chi connectivity index (χ0n) is 28.0. The molecule has 5 N–H and O–H groups in total. The van der Waals surface area contributed by atoms with Crippen LogP contribution in [0.5, 0.6) is 0 Å². The summed E-state index contributed by atoms with van der Waals surface area (Å²) < 4.78 is 21.6. The minimum absolute atomic E-state index is 0.000228. The van der Waals surface area contributed by atoms with Crippen LogP contribution in [-0.2, 0) is 38.1 Å². The molecule has 2 amide bonds. The zero-order valence-corrected chi connectivity index (χ0v) is 29.5. The molecule has 13 nitrogen and oxygen atoms in total. The summed E-state index contributed by atoms with van der Waals surface area (Å²) in [5, 5.41) is 37.1. The van der Waals surface area contributed by atoms with E-state index in [9.17, 15) is 34.5 Å². The highest BCUT2D eigenvalue weighted by Gasteiger charge is 2.81. The molecule has 14 atom stereocenters. The highest BCUT2D eigenvalue weighted by atomic mass is 35.5. The molecule has 0 radical (unpaired) electrons. The summed E-state index contributed by atoms with van der Waals surface area (Å²) >= 11 is 11.5. The molecule has 6 saturated heterocycles. The van der Waals surface area contributed by atoms with E-state index in [0.717, 1.165) is 44.7 Å². The molecule has 50 heavy (non-hydrogen) atoms. The second-order valence-electron chi connectivity index (χ2n) is 15.0. The van der Waals surface area contributed by atoms with Gasteiger partial charge in [0.1, 0.15) is 0 Å². The van der Waals surface area contributed by atoms with Crippen LogP contribution in [0.4, 0.5) is 0 Å². The number of carbonyl (C=O) groups is 4. The van der Waals surface area contributed by atoms with Crippen LogP contribution in [0.2, 0.25) is 0 Å². The van der Waals surface area contributed by atoms with Crippen LogP contribution >= 0.6 is 23.2 Å². The van der Waals surface area contributed by atoms with Gasteiger partial charge in [0.2, 0.25) is 22.9 Å². The first kappa shape index (κ1) is 38.1. The number of hydrogen-bond donors (Lipinski definition) is 5. The van der Waals surface area contributed by atoms with Crippen molar-refractivity contribution < 1.29 is 53.4 Å². The summed E-state index contributed by atoms with van der Waals surface area (Å²) in [6, 6.07) is 0.796. The van der Waals surface area contributed by atoms with Gasteiger partial charge in [-0.1, -0.05) is 25.3 Å². The molecular weight excluding hydrogens is 694 g/mol. The lowest BCUT2D eigenvalue weighted by atomic mass is 9.63. The number of ether oxygens (including phenoxy) is 4. The Balaban J connectivity index is 0.000000148. The van der Waals surface area contributed by atoms with Crippen molar-refractivity contribution in [3.05, 3.63) is 0 Å². The van der Waals surface area contributed by atoms with Crippen molar-refractivity contribution in [2.24, 2.45) is 23.7 Å². The Morgan fingerprint density at radius 1 is 0.820 bits per heavy atom. The Bertz CT molecular complexity index is 1340. The third-order valence-electron chi connectivity index (χ3n) is 12.4. The van der Waals surface area contributed by atoms with E-state index in [4.69, 9.17) is 42.1 Å². The predicted octanol–water partition coefficient (Wildman–Crippen LogP) is 0.160. The lowest BCUT2D eigenvalue weighted by molar-refractivity contribution is -0.241. The third-order valence-corrected chi connectivity index (χ3v) is 12.9. The molecule has 6 aliphatic heterocycles. The van der Waals surface area contributed by atoms with Gasteiger partial charge < -0.3 is 44.9 Å². The normalized spacial score (nSPS) is 46.3. The SMILES string of the molecule is C[C@@]12OC(=O)[C@]1([C@@H](O)[C@H]1CCCC(O)C1)NC(=O)[C@@H]2CCCl.C[C@@]12OC(=O)[C@]1([C@@H](O)[C@H]1CCCC3OC31)NC(=O)[C@@H]2CCCl.[BH3-]C1CCCO1. The lowest BCUT2D eigenvalue weighted by Gasteiger charge is -2.55. The van der Waals surface area contributed by atoms with Gasteiger partial charge in [0.05, 0.1) is 42.4 Å². The number of fused-ring (bicyclic) bond motifs is 3. The Morgan fingerprint density at radius 2 is 1.38 bits per heavy atom. The van der Waals surface area contributed by atoms with Gasteiger partial charge in [-0.3, -0.25) is 9.59 Å². The van der Waals surface area contributed by atoms with Crippen LogP contribution in [-0.4, -0.2) is 124 Å². The number of carbonyl (C=O) groups excluding carboxylic acids is 4. The van der Waals surface area contributed by atoms with Crippen molar-refractivity contribution in [3.63, 3.8) is 0 Å². The zero-order chi connectivity index (χ0) is 36.2. The minimum atomic E-state index is -1.40. The molecule has 0 spiro atoms. The number of aliphatic hydroxyl groups is 3. The summed E-state index contributed by atoms with van der Waals surface area (Å²) in [5.41, 5.74) is -4.85. The average Bonchev–Trinajstić information content (AvgIpc) is 3.64. The van der Waals surface area contributed by atoms with E-state index < -0.39 is 64.4 Å². The fraction of sp³-hybridized carbons (Fsp3) is 0.882. The van der Waals surface area contributed by atoms with Crippen LogP contribution < -0.4 is 10.6 Å². The van der Waals surface area contributed by atoms with Gasteiger partial charge in [-0.25, -0.2) is 9.59 Å². The van der Waals surface area contributed by atoms with E-state index in [1.165, 1.54) is 12.8 Å². The first-order valence-electron chi connectivity index (χ1n) is 17.7. The first-order valence-corrected chi connectivity index (χ1v) is 18.7. The fourth-order valence-corrected chi connectivity index (χ4v) is 9.97. The van der Waals surface area contributed by atoms with Crippen molar-refractivity contribution in [3.8, 4) is 0 Å². The van der Waals surface area contributed by atoms with Gasteiger partial charge in [-0.2, -0.15) is 0 Å². The van der Waals surface area contributed by atoms with Crippen LogP contribution in [0.25, 0.3) is 0 Å². The number of halogens is 2. The van der Waals surface area contributed by atoms with E-state index in [2.05, 4.69) is 10.6 Å². The molecule has 8 fully saturated rings. The second-order valence-corrected chi connectivity index (χ2v) is 15.8. The van der Waals surface area contributed by atoms with Gasteiger partial charge in [0, 0.05) is 24.3 Å². The van der Waals surface area contributed by atoms with Crippen molar-refractivity contribution in [2.75, 3.05) is 18.4 Å². The number of alkyl halides is 2. The van der Waals surface area contributed by atoms with Gasteiger partial charge in [-0.15, -0.1) is 23.2 Å². The van der Waals surface area contributed by atoms with E-state index in [1.54, 1.807) is 13.8 Å². The molecule has 6 heterocycles. The van der Waals surface area contributed by atoms with Crippen molar-refractivity contribution in [1.82, 2.24) is 10.6 Å². The highest BCUT2D eigenvalue weighted by Crippen LogP contribution is 2.56. The Labute approximate surface area is 303 Å². The van der Waals surface area contributed by atoms with Crippen LogP contribution in [0.1, 0.15) is 84.5 Å². The first-order chi connectivity index (χ1) is 23.7. The smallest absolute Gasteiger partial charge is 0.339 e. The van der Waals surface area contributed by atoms with Crippen molar-refractivity contribution in [2.45, 2.75) is 143 Å². The van der Waals surface area contributed by atoms with Crippen LogP contribution in [0.3, 0.4) is 0 Å². The van der Waals surface area contributed by atoms with E-state index >= 15 is 0 Å². The molecule has 8 rings (SSSR count). The largest absolute Gasteiger partial charge is 0.453 e. The summed E-state index contributed by atoms with van der Waals surface area (Å²) in [4.78, 5) is 49.1. The highest BCUT2D eigenvalue weighted by molar-refractivity contribution is 6.18. The maximum Gasteiger partial charge on any atom is 0.339 e. The van der Waals surface area contributed by atoms with E-state index in [-0.39, 0.29) is 41.7 Å². The third kappa shape index (κ3) is 5.87. The lowest BCUT2D eigenvalue weighted by Crippen LogP contribution is -2.80. The monoisotopic (exact) mass is 745 g/mol. The minimum Gasteiger partial charge on any atom is -0.453 e. The average molecular weight is 747 g/mol. The molecule has 0 aromatic carbocycles. The number of epoxide rings is 1. The number of esters is 2. The molecule has 16 heteroatoms. The second kappa shape index (κ2) is 14.3.